The van der Waals surface area contributed by atoms with Crippen LogP contribution in [0, 0.1) is 0 Å². The van der Waals surface area contributed by atoms with Crippen LogP contribution < -0.4 is 4.74 Å². The molecule has 6 heteroatoms. The van der Waals surface area contributed by atoms with Gasteiger partial charge in [0.15, 0.2) is 0 Å². The van der Waals surface area contributed by atoms with E-state index in [1.165, 1.54) is 24.3 Å². The molecule has 1 fully saturated rings. The average Bonchev–Trinajstić information content (AvgIpc) is 3.38. The molecule has 1 aliphatic rings. The highest BCUT2D eigenvalue weighted by Gasteiger charge is 2.64. The van der Waals surface area contributed by atoms with Gasteiger partial charge in [0.2, 0.25) is 0 Å². The Morgan fingerprint density at radius 3 is 1.96 bits per heavy atom. The van der Waals surface area contributed by atoms with Gasteiger partial charge in [-0.25, -0.2) is 4.79 Å². The van der Waals surface area contributed by atoms with Crippen molar-refractivity contribution >= 4 is 5.97 Å². The van der Waals surface area contributed by atoms with Gasteiger partial charge in [-0.15, -0.1) is 0 Å². The number of hydrogen-bond donors (Lipinski definition) is 0. The second-order valence-corrected chi connectivity index (χ2v) is 5.95. The second kappa shape index (κ2) is 6.43. The molecule has 3 rings (SSSR count). The molecular formula is C19H17F3O3. The van der Waals surface area contributed by atoms with Crippen LogP contribution in [-0.4, -0.2) is 18.8 Å². The molecule has 0 heterocycles. The number of esters is 1. The summed E-state index contributed by atoms with van der Waals surface area (Å²) in [7, 11) is 0. The second-order valence-electron chi connectivity index (χ2n) is 5.95. The summed E-state index contributed by atoms with van der Waals surface area (Å²) in [5.41, 5.74) is -1.01. The number of halogens is 3. The van der Waals surface area contributed by atoms with E-state index < -0.39 is 17.6 Å². The molecule has 0 N–H and O–H groups in total. The highest BCUT2D eigenvalue weighted by molar-refractivity contribution is 5.89. The largest absolute Gasteiger partial charge is 0.462 e. The molecule has 0 amide bonds. The van der Waals surface area contributed by atoms with Crippen molar-refractivity contribution in [1.29, 1.82) is 0 Å². The lowest BCUT2D eigenvalue weighted by molar-refractivity contribution is -0.160. The summed E-state index contributed by atoms with van der Waals surface area (Å²) in [4.78, 5) is 11.6. The first-order valence-corrected chi connectivity index (χ1v) is 7.98. The van der Waals surface area contributed by atoms with Crippen LogP contribution in [0.1, 0.15) is 35.7 Å². The van der Waals surface area contributed by atoms with E-state index in [1.807, 2.05) is 0 Å². The van der Waals surface area contributed by atoms with E-state index >= 15 is 0 Å². The number of ether oxygens (including phenoxy) is 2. The van der Waals surface area contributed by atoms with E-state index in [9.17, 15) is 18.0 Å². The molecule has 1 aliphatic carbocycles. The maximum Gasteiger partial charge on any atom is 0.398 e. The zero-order valence-corrected chi connectivity index (χ0v) is 13.6. The number of alkyl halides is 3. The molecule has 132 valence electrons. The van der Waals surface area contributed by atoms with E-state index in [0.717, 1.165) is 0 Å². The van der Waals surface area contributed by atoms with Gasteiger partial charge in [0.05, 0.1) is 17.6 Å². The fraction of sp³-hybridized carbons (Fsp3) is 0.316. The van der Waals surface area contributed by atoms with E-state index in [4.69, 9.17) is 9.47 Å². The van der Waals surface area contributed by atoms with Gasteiger partial charge in [0, 0.05) is 0 Å². The van der Waals surface area contributed by atoms with E-state index in [-0.39, 0.29) is 18.4 Å². The summed E-state index contributed by atoms with van der Waals surface area (Å²) >= 11 is 0. The number of carbonyl (C=O) groups excluding carboxylic acids is 1. The van der Waals surface area contributed by atoms with Crippen molar-refractivity contribution < 1.29 is 27.4 Å². The summed E-state index contributed by atoms with van der Waals surface area (Å²) in [5.74, 6) is 0.503. The van der Waals surface area contributed by atoms with Crippen LogP contribution in [0.15, 0.2) is 48.5 Å². The topological polar surface area (TPSA) is 35.5 Å². The third-order valence-electron chi connectivity index (χ3n) is 4.30. The summed E-state index contributed by atoms with van der Waals surface area (Å²) in [5, 5.41) is 0. The molecule has 0 bridgehead atoms. The standard InChI is InChI=1S/C19H17F3O3/c1-2-24-17(23)13-3-7-15(8-4-13)25-16-9-5-14(6-10-16)18(11-12-18)19(20,21)22/h3-10H,2,11-12H2,1H3. The third kappa shape index (κ3) is 3.48. The zero-order chi connectivity index (χ0) is 18.1. The van der Waals surface area contributed by atoms with E-state index in [0.29, 0.717) is 23.7 Å². The van der Waals surface area contributed by atoms with Crippen molar-refractivity contribution in [1.82, 2.24) is 0 Å². The minimum atomic E-state index is -4.22. The summed E-state index contributed by atoms with van der Waals surface area (Å²) in [6.07, 6.45) is -3.96. The molecule has 2 aromatic rings. The molecule has 0 spiro atoms. The Kier molecular flexibility index (Phi) is 4.45. The van der Waals surface area contributed by atoms with E-state index in [1.54, 1.807) is 31.2 Å². The zero-order valence-electron chi connectivity index (χ0n) is 13.6. The molecule has 0 saturated heterocycles. The van der Waals surface area contributed by atoms with Crippen LogP contribution in [0.4, 0.5) is 13.2 Å². The Morgan fingerprint density at radius 1 is 1.00 bits per heavy atom. The first-order chi connectivity index (χ1) is 11.9. The van der Waals surface area contributed by atoms with Crippen molar-refractivity contribution in [3.05, 3.63) is 59.7 Å². The minimum Gasteiger partial charge on any atom is -0.462 e. The Labute approximate surface area is 143 Å². The monoisotopic (exact) mass is 350 g/mol. The van der Waals surface area contributed by atoms with Gasteiger partial charge in [-0.3, -0.25) is 0 Å². The predicted molar refractivity (Wildman–Crippen MR) is 85.9 cm³/mol. The smallest absolute Gasteiger partial charge is 0.398 e. The van der Waals surface area contributed by atoms with Crippen LogP contribution in [-0.2, 0) is 10.2 Å². The van der Waals surface area contributed by atoms with Crippen molar-refractivity contribution in [2.45, 2.75) is 31.4 Å². The predicted octanol–water partition coefficient (Wildman–Crippen LogP) is 5.25. The lowest BCUT2D eigenvalue weighted by Gasteiger charge is -2.19. The van der Waals surface area contributed by atoms with Gasteiger partial charge in [-0.1, -0.05) is 12.1 Å². The summed E-state index contributed by atoms with van der Waals surface area (Å²) in [6.45, 7) is 2.02. The van der Waals surface area contributed by atoms with E-state index in [2.05, 4.69) is 0 Å². The minimum absolute atomic E-state index is 0.131. The molecule has 1 saturated carbocycles. The SMILES string of the molecule is CCOC(=O)c1ccc(Oc2ccc(C3(C(F)(F)F)CC3)cc2)cc1. The van der Waals surface area contributed by atoms with Crippen LogP contribution in [0.5, 0.6) is 11.5 Å². The third-order valence-corrected chi connectivity index (χ3v) is 4.30. The normalized spacial score (nSPS) is 15.5. The maximum absolute atomic E-state index is 13.1. The molecule has 0 unspecified atom stereocenters. The van der Waals surface area contributed by atoms with Crippen LogP contribution in [0.2, 0.25) is 0 Å². The summed E-state index contributed by atoms with van der Waals surface area (Å²) < 4.78 is 49.9. The molecular weight excluding hydrogens is 333 g/mol. The first kappa shape index (κ1) is 17.3. The highest BCUT2D eigenvalue weighted by Crippen LogP contribution is 2.58. The molecule has 0 atom stereocenters. The lowest BCUT2D eigenvalue weighted by Crippen LogP contribution is -2.28. The molecule has 3 nitrogen and oxygen atoms in total. The van der Waals surface area contributed by atoms with Crippen LogP contribution in [0.25, 0.3) is 0 Å². The quantitative estimate of drug-likeness (QED) is 0.691. The molecule has 25 heavy (non-hydrogen) atoms. The van der Waals surface area contributed by atoms with Crippen LogP contribution in [0.3, 0.4) is 0 Å². The molecule has 0 radical (unpaired) electrons. The van der Waals surface area contributed by atoms with Gasteiger partial charge in [0.1, 0.15) is 11.5 Å². The van der Waals surface area contributed by atoms with Crippen molar-refractivity contribution in [2.75, 3.05) is 6.61 Å². The Hall–Kier alpha value is -2.50. The number of hydrogen-bond acceptors (Lipinski definition) is 3. The van der Waals surface area contributed by atoms with Crippen molar-refractivity contribution in [2.24, 2.45) is 0 Å². The molecule has 0 aromatic heterocycles. The fourth-order valence-corrected chi connectivity index (χ4v) is 2.71. The average molecular weight is 350 g/mol. The number of carbonyl (C=O) groups is 1. The summed E-state index contributed by atoms with van der Waals surface area (Å²) in [6, 6.07) is 12.3. The maximum atomic E-state index is 13.1. The van der Waals surface area contributed by atoms with Crippen LogP contribution >= 0.6 is 0 Å². The Morgan fingerprint density at radius 2 is 1.52 bits per heavy atom. The van der Waals surface area contributed by atoms with Gasteiger partial charge in [-0.2, -0.15) is 13.2 Å². The first-order valence-electron chi connectivity index (χ1n) is 7.98. The van der Waals surface area contributed by atoms with Gasteiger partial charge < -0.3 is 9.47 Å². The highest BCUT2D eigenvalue weighted by atomic mass is 19.4. The van der Waals surface area contributed by atoms with Gasteiger partial charge in [-0.05, 0) is 61.7 Å². The van der Waals surface area contributed by atoms with Gasteiger partial charge >= 0.3 is 12.1 Å². The van der Waals surface area contributed by atoms with Crippen molar-refractivity contribution in [3.8, 4) is 11.5 Å². The number of rotatable bonds is 5. The lowest BCUT2D eigenvalue weighted by atomic mass is 9.95. The molecule has 2 aromatic carbocycles. The fourth-order valence-electron chi connectivity index (χ4n) is 2.71. The van der Waals surface area contributed by atoms with Gasteiger partial charge in [0.25, 0.3) is 0 Å². The van der Waals surface area contributed by atoms with Crippen molar-refractivity contribution in [3.63, 3.8) is 0 Å². The molecule has 0 aliphatic heterocycles. The number of benzene rings is 2. The Bertz CT molecular complexity index is 745. The Balaban J connectivity index is 1.69.